The van der Waals surface area contributed by atoms with Crippen molar-refractivity contribution in [2.24, 2.45) is 22.6 Å². The largest absolute Gasteiger partial charge is 0.369 e. The minimum absolute atomic E-state index is 0.0201. The third-order valence-electron chi connectivity index (χ3n) is 9.72. The number of nitrogens with one attached hydrogen (secondary N) is 1. The molecule has 0 radical (unpaired) electrons. The summed E-state index contributed by atoms with van der Waals surface area (Å²) < 4.78 is 0. The van der Waals surface area contributed by atoms with Crippen LogP contribution in [0, 0.1) is 11.8 Å². The smallest absolute Gasteiger partial charge is 0.318 e. The molecule has 4 aliphatic rings. The summed E-state index contributed by atoms with van der Waals surface area (Å²) in [5.41, 5.74) is 7.96. The molecule has 2 atom stereocenters. The van der Waals surface area contributed by atoms with Crippen molar-refractivity contribution in [1.82, 2.24) is 15.1 Å². The van der Waals surface area contributed by atoms with Gasteiger partial charge in [-0.2, -0.15) is 0 Å². The van der Waals surface area contributed by atoms with E-state index < -0.39 is 5.54 Å². The van der Waals surface area contributed by atoms with Gasteiger partial charge in [0.25, 0.3) is 5.91 Å². The highest BCUT2D eigenvalue weighted by molar-refractivity contribution is 6.06. The molecule has 1 unspecified atom stereocenters. The first kappa shape index (κ1) is 28.0. The van der Waals surface area contributed by atoms with E-state index in [1.54, 1.807) is 4.90 Å². The number of guanidine groups is 1. The fourth-order valence-electron chi connectivity index (χ4n) is 7.48. The van der Waals surface area contributed by atoms with Crippen LogP contribution in [0.1, 0.15) is 114 Å². The van der Waals surface area contributed by atoms with E-state index in [0.29, 0.717) is 25.0 Å². The maximum Gasteiger partial charge on any atom is 0.318 e. The average Bonchev–Trinajstić information content (AvgIpc) is 3.40. The SMILES string of the molecule is CCC[C@H]1CN(Cc2ccc(CN3C(=O)C(CCC4CCCCC4)(CC4CCCCC4)N=C3N)cc2)C(=O)N1. The van der Waals surface area contributed by atoms with Gasteiger partial charge in [-0.3, -0.25) is 9.69 Å². The van der Waals surface area contributed by atoms with E-state index in [4.69, 9.17) is 10.7 Å². The maximum atomic E-state index is 14.1. The Hall–Kier alpha value is -2.57. The van der Waals surface area contributed by atoms with Gasteiger partial charge in [-0.1, -0.05) is 102 Å². The summed E-state index contributed by atoms with van der Waals surface area (Å²) in [6.45, 7) is 3.96. The number of amides is 3. The van der Waals surface area contributed by atoms with E-state index in [2.05, 4.69) is 36.5 Å². The van der Waals surface area contributed by atoms with Gasteiger partial charge in [0.1, 0.15) is 5.54 Å². The number of nitrogens with zero attached hydrogens (tertiary/aromatic N) is 3. The van der Waals surface area contributed by atoms with Crippen LogP contribution in [0.4, 0.5) is 4.79 Å². The topological polar surface area (TPSA) is 91.0 Å². The molecule has 3 N–H and O–H groups in total. The Kier molecular flexibility index (Phi) is 9.13. The lowest BCUT2D eigenvalue weighted by Gasteiger charge is -2.33. The van der Waals surface area contributed by atoms with Crippen LogP contribution in [0.2, 0.25) is 0 Å². The molecule has 2 saturated carbocycles. The molecule has 39 heavy (non-hydrogen) atoms. The molecule has 3 amide bonds. The third-order valence-corrected chi connectivity index (χ3v) is 9.72. The summed E-state index contributed by atoms with van der Waals surface area (Å²) in [6, 6.07) is 8.54. The van der Waals surface area contributed by atoms with Crippen LogP contribution in [0.3, 0.4) is 0 Å². The minimum atomic E-state index is -0.679. The second kappa shape index (κ2) is 12.7. The predicted molar refractivity (Wildman–Crippen MR) is 156 cm³/mol. The molecular formula is C32H49N5O2. The lowest BCUT2D eigenvalue weighted by atomic mass is 9.75. The van der Waals surface area contributed by atoms with E-state index >= 15 is 0 Å². The number of nitrogens with two attached hydrogens (primary N) is 1. The van der Waals surface area contributed by atoms with Gasteiger partial charge in [0.15, 0.2) is 5.96 Å². The second-order valence-corrected chi connectivity index (χ2v) is 12.8. The molecule has 0 spiro atoms. The molecule has 0 aromatic heterocycles. The van der Waals surface area contributed by atoms with Crippen molar-refractivity contribution in [3.05, 3.63) is 35.4 Å². The van der Waals surface area contributed by atoms with E-state index in [1.165, 1.54) is 64.2 Å². The summed E-state index contributed by atoms with van der Waals surface area (Å²) in [4.78, 5) is 35.0. The first-order valence-corrected chi connectivity index (χ1v) is 15.8. The van der Waals surface area contributed by atoms with Crippen LogP contribution in [0.25, 0.3) is 0 Å². The fraction of sp³-hybridized carbons (Fsp3) is 0.719. The number of hydrogen-bond donors (Lipinski definition) is 2. The van der Waals surface area contributed by atoms with Crippen LogP contribution in [-0.2, 0) is 17.9 Å². The Morgan fingerprint density at radius 2 is 1.51 bits per heavy atom. The van der Waals surface area contributed by atoms with Crippen LogP contribution in [-0.4, -0.2) is 45.8 Å². The molecule has 5 rings (SSSR count). The Bertz CT molecular complexity index is 1010. The molecule has 1 saturated heterocycles. The summed E-state index contributed by atoms with van der Waals surface area (Å²) >= 11 is 0. The summed E-state index contributed by atoms with van der Waals surface area (Å²) in [7, 11) is 0. The lowest BCUT2D eigenvalue weighted by Crippen LogP contribution is -2.45. The monoisotopic (exact) mass is 535 g/mol. The highest BCUT2D eigenvalue weighted by Crippen LogP contribution is 2.41. The normalized spacial score (nSPS) is 26.8. The van der Waals surface area contributed by atoms with Gasteiger partial charge >= 0.3 is 6.03 Å². The number of benzene rings is 1. The van der Waals surface area contributed by atoms with Gasteiger partial charge in [0, 0.05) is 19.1 Å². The van der Waals surface area contributed by atoms with Gasteiger partial charge < -0.3 is 16.0 Å². The number of hydrogen-bond acceptors (Lipinski definition) is 4. The molecule has 1 aromatic carbocycles. The number of aliphatic imine (C=N–C) groups is 1. The van der Waals surface area contributed by atoms with Crippen molar-refractivity contribution in [1.29, 1.82) is 0 Å². The molecule has 7 heteroatoms. The van der Waals surface area contributed by atoms with Crippen molar-refractivity contribution in [3.63, 3.8) is 0 Å². The number of rotatable bonds is 11. The third kappa shape index (κ3) is 6.78. The van der Waals surface area contributed by atoms with Gasteiger partial charge in [-0.15, -0.1) is 0 Å². The van der Waals surface area contributed by atoms with E-state index in [-0.39, 0.29) is 18.0 Å². The van der Waals surface area contributed by atoms with Crippen LogP contribution >= 0.6 is 0 Å². The van der Waals surface area contributed by atoms with Crippen LogP contribution in [0.5, 0.6) is 0 Å². The zero-order chi connectivity index (χ0) is 27.2. The first-order chi connectivity index (χ1) is 19.0. The average molecular weight is 536 g/mol. The summed E-state index contributed by atoms with van der Waals surface area (Å²) in [5, 5.41) is 3.08. The van der Waals surface area contributed by atoms with Gasteiger partial charge in [-0.05, 0) is 48.6 Å². The second-order valence-electron chi connectivity index (χ2n) is 12.8. The molecule has 214 valence electrons. The lowest BCUT2D eigenvalue weighted by molar-refractivity contribution is -0.132. The highest BCUT2D eigenvalue weighted by atomic mass is 16.2. The molecule has 2 heterocycles. The van der Waals surface area contributed by atoms with Crippen molar-refractivity contribution in [3.8, 4) is 0 Å². The number of carbonyl (C=O) groups excluding carboxylic acids is 2. The van der Waals surface area contributed by atoms with Crippen LogP contribution < -0.4 is 11.1 Å². The molecule has 7 nitrogen and oxygen atoms in total. The van der Waals surface area contributed by atoms with E-state index in [9.17, 15) is 9.59 Å². The first-order valence-electron chi connectivity index (χ1n) is 15.8. The Morgan fingerprint density at radius 3 is 2.15 bits per heavy atom. The standard InChI is InChI=1S/C32H49N5O2/c1-2-9-28-23-36(31(39)34-28)21-26-14-16-27(17-15-26)22-37-29(38)32(35-30(37)33,20-25-12-7-4-8-13-25)19-18-24-10-5-3-6-11-24/h14-17,24-25,28H,2-13,18-23H2,1H3,(H2,33,35)(H,34,39)/t28-,32?/m0/s1. The van der Waals surface area contributed by atoms with Gasteiger partial charge in [0.2, 0.25) is 0 Å². The predicted octanol–water partition coefficient (Wildman–Crippen LogP) is 6.11. The van der Waals surface area contributed by atoms with Crippen LogP contribution in [0.15, 0.2) is 29.3 Å². The Morgan fingerprint density at radius 1 is 0.897 bits per heavy atom. The van der Waals surface area contributed by atoms with Crippen molar-refractivity contribution >= 4 is 17.9 Å². The van der Waals surface area contributed by atoms with Crippen molar-refractivity contribution < 1.29 is 9.59 Å². The molecule has 1 aromatic rings. The van der Waals surface area contributed by atoms with Gasteiger partial charge in [0.05, 0.1) is 6.54 Å². The number of carbonyl (C=O) groups is 2. The fourth-order valence-corrected chi connectivity index (χ4v) is 7.48. The van der Waals surface area contributed by atoms with E-state index in [0.717, 1.165) is 55.7 Å². The quantitative estimate of drug-likeness (QED) is 0.358. The zero-order valence-corrected chi connectivity index (χ0v) is 24.0. The van der Waals surface area contributed by atoms with Crippen molar-refractivity contribution in [2.45, 2.75) is 128 Å². The molecule has 2 aliphatic carbocycles. The highest BCUT2D eigenvalue weighted by Gasteiger charge is 2.48. The maximum absolute atomic E-state index is 14.1. The van der Waals surface area contributed by atoms with E-state index in [1.807, 2.05) is 4.90 Å². The van der Waals surface area contributed by atoms with Gasteiger partial charge in [-0.25, -0.2) is 9.79 Å². The molecular weight excluding hydrogens is 486 g/mol. The Labute approximate surface area is 235 Å². The summed E-state index contributed by atoms with van der Waals surface area (Å²) in [5.74, 6) is 1.80. The Balaban J connectivity index is 1.23. The number of urea groups is 1. The zero-order valence-electron chi connectivity index (χ0n) is 24.0. The summed E-state index contributed by atoms with van der Waals surface area (Å²) in [6.07, 6.45) is 17.7. The molecule has 2 aliphatic heterocycles. The van der Waals surface area contributed by atoms with Crippen molar-refractivity contribution in [2.75, 3.05) is 6.54 Å². The minimum Gasteiger partial charge on any atom is -0.369 e. The molecule has 3 fully saturated rings. The molecule has 0 bridgehead atoms.